The lowest BCUT2D eigenvalue weighted by molar-refractivity contribution is -0.143. The molecule has 0 spiro atoms. The van der Waals surface area contributed by atoms with Crippen LogP contribution < -0.4 is 10.1 Å². The van der Waals surface area contributed by atoms with E-state index in [1.165, 1.54) is 0 Å². The van der Waals surface area contributed by atoms with Gasteiger partial charge in [-0.3, -0.25) is 9.59 Å². The van der Waals surface area contributed by atoms with Crippen LogP contribution in [0.25, 0.3) is 0 Å². The Morgan fingerprint density at radius 2 is 1.86 bits per heavy atom. The molecule has 0 aromatic heterocycles. The van der Waals surface area contributed by atoms with Gasteiger partial charge < -0.3 is 15.0 Å². The van der Waals surface area contributed by atoms with E-state index in [0.29, 0.717) is 17.2 Å². The van der Waals surface area contributed by atoms with Crippen LogP contribution in [0.5, 0.6) is 5.75 Å². The second-order valence-corrected chi connectivity index (χ2v) is 7.71. The van der Waals surface area contributed by atoms with E-state index in [4.69, 9.17) is 16.3 Å². The topological polar surface area (TPSA) is 58.6 Å². The van der Waals surface area contributed by atoms with E-state index in [2.05, 4.69) is 5.32 Å². The molecule has 1 atom stereocenters. The molecule has 0 heterocycles. The largest absolute Gasteiger partial charge is 0.484 e. The van der Waals surface area contributed by atoms with Crippen LogP contribution in [-0.4, -0.2) is 35.4 Å². The molecular formula is C23H29ClN2O3. The number of carbonyl (C=O) groups excluding carboxylic acids is 2. The molecule has 2 aromatic carbocycles. The van der Waals surface area contributed by atoms with Gasteiger partial charge in [-0.15, -0.1) is 0 Å². The molecule has 6 heteroatoms. The van der Waals surface area contributed by atoms with Crippen LogP contribution in [0.4, 0.5) is 0 Å². The zero-order chi connectivity index (χ0) is 21.4. The number of halogens is 1. The minimum atomic E-state index is -0.609. The summed E-state index contributed by atoms with van der Waals surface area (Å²) in [6, 6.07) is 14.2. The highest BCUT2D eigenvalue weighted by atomic mass is 35.5. The van der Waals surface area contributed by atoms with Gasteiger partial charge in [-0.1, -0.05) is 48.9 Å². The van der Waals surface area contributed by atoms with Gasteiger partial charge in [-0.05, 0) is 56.5 Å². The Bertz CT molecular complexity index is 838. The lowest BCUT2D eigenvalue weighted by Gasteiger charge is -2.31. The Labute approximate surface area is 178 Å². The molecule has 0 saturated carbocycles. The van der Waals surface area contributed by atoms with Crippen LogP contribution in [0.3, 0.4) is 0 Å². The molecule has 0 aliphatic heterocycles. The van der Waals surface area contributed by atoms with Gasteiger partial charge >= 0.3 is 0 Å². The van der Waals surface area contributed by atoms with E-state index in [9.17, 15) is 9.59 Å². The Morgan fingerprint density at radius 3 is 2.48 bits per heavy atom. The quantitative estimate of drug-likeness (QED) is 0.660. The summed E-state index contributed by atoms with van der Waals surface area (Å²) in [5.74, 6) is 0.173. The lowest BCUT2D eigenvalue weighted by atomic mass is 10.1. The lowest BCUT2D eigenvalue weighted by Crippen LogP contribution is -2.51. The van der Waals surface area contributed by atoms with Crippen molar-refractivity contribution >= 4 is 23.4 Å². The SMILES string of the molecule is CC[C@@H](C(=O)NC(C)C)N(Cc1ccccc1Cl)C(=O)COc1cccc(C)c1. The van der Waals surface area contributed by atoms with Crippen LogP contribution in [0, 0.1) is 6.92 Å². The zero-order valence-electron chi connectivity index (χ0n) is 17.4. The third kappa shape index (κ3) is 6.79. The van der Waals surface area contributed by atoms with Crippen LogP contribution in [-0.2, 0) is 16.1 Å². The van der Waals surface area contributed by atoms with Crippen molar-refractivity contribution in [2.45, 2.75) is 52.7 Å². The predicted molar refractivity (Wildman–Crippen MR) is 116 cm³/mol. The highest BCUT2D eigenvalue weighted by molar-refractivity contribution is 6.31. The average Bonchev–Trinajstić information content (AvgIpc) is 2.67. The molecule has 2 aromatic rings. The molecule has 1 N–H and O–H groups in total. The van der Waals surface area contributed by atoms with Crippen molar-refractivity contribution in [2.24, 2.45) is 0 Å². The summed E-state index contributed by atoms with van der Waals surface area (Å²) >= 11 is 6.31. The van der Waals surface area contributed by atoms with Crippen molar-refractivity contribution < 1.29 is 14.3 Å². The summed E-state index contributed by atoms with van der Waals surface area (Å²) in [7, 11) is 0. The van der Waals surface area contributed by atoms with Gasteiger partial charge in [0.1, 0.15) is 11.8 Å². The Hall–Kier alpha value is -2.53. The van der Waals surface area contributed by atoms with Gasteiger partial charge in [0.15, 0.2) is 6.61 Å². The molecule has 0 aliphatic carbocycles. The highest BCUT2D eigenvalue weighted by Crippen LogP contribution is 2.20. The van der Waals surface area contributed by atoms with Gasteiger partial charge in [0.2, 0.25) is 5.91 Å². The van der Waals surface area contributed by atoms with Gasteiger partial charge in [0.05, 0.1) is 0 Å². The van der Waals surface area contributed by atoms with Crippen LogP contribution >= 0.6 is 11.6 Å². The summed E-state index contributed by atoms with van der Waals surface area (Å²) < 4.78 is 5.70. The van der Waals surface area contributed by atoms with Crippen LogP contribution in [0.2, 0.25) is 5.02 Å². The number of ether oxygens (including phenoxy) is 1. The third-order valence-corrected chi connectivity index (χ3v) is 4.84. The first kappa shape index (κ1) is 22.8. The number of benzene rings is 2. The summed E-state index contributed by atoms with van der Waals surface area (Å²) in [4.78, 5) is 27.4. The summed E-state index contributed by atoms with van der Waals surface area (Å²) in [5, 5.41) is 3.46. The minimum Gasteiger partial charge on any atom is -0.484 e. The molecule has 2 amide bonds. The maximum absolute atomic E-state index is 13.1. The van der Waals surface area contributed by atoms with E-state index in [1.54, 1.807) is 11.0 Å². The number of carbonyl (C=O) groups is 2. The number of nitrogens with one attached hydrogen (secondary N) is 1. The molecular weight excluding hydrogens is 388 g/mol. The molecule has 0 bridgehead atoms. The molecule has 0 aliphatic rings. The van der Waals surface area contributed by atoms with Crippen molar-refractivity contribution in [1.29, 1.82) is 0 Å². The van der Waals surface area contributed by atoms with Crippen molar-refractivity contribution in [2.75, 3.05) is 6.61 Å². The Kier molecular flexibility index (Phi) is 8.52. The van der Waals surface area contributed by atoms with Crippen molar-refractivity contribution in [3.63, 3.8) is 0 Å². The first-order valence-corrected chi connectivity index (χ1v) is 10.2. The fourth-order valence-electron chi connectivity index (χ4n) is 3.04. The van der Waals surface area contributed by atoms with Crippen LogP contribution in [0.1, 0.15) is 38.3 Å². The standard InChI is InChI=1S/C23H29ClN2O3/c1-5-21(23(28)25-16(2)3)26(14-18-10-6-7-12-20(18)24)22(27)15-29-19-11-8-9-17(4)13-19/h6-13,16,21H,5,14-15H2,1-4H3,(H,25,28)/t21-/m0/s1. The Balaban J connectivity index is 2.23. The molecule has 0 fully saturated rings. The number of aryl methyl sites for hydroxylation is 1. The number of nitrogens with zero attached hydrogens (tertiary/aromatic N) is 1. The molecule has 0 saturated heterocycles. The fraction of sp³-hybridized carbons (Fsp3) is 0.391. The average molecular weight is 417 g/mol. The molecule has 0 unspecified atom stereocenters. The van der Waals surface area contributed by atoms with Crippen molar-refractivity contribution in [3.8, 4) is 5.75 Å². The Morgan fingerprint density at radius 1 is 1.14 bits per heavy atom. The second-order valence-electron chi connectivity index (χ2n) is 7.31. The first-order valence-electron chi connectivity index (χ1n) is 9.84. The maximum Gasteiger partial charge on any atom is 0.261 e. The van der Waals surface area contributed by atoms with Gasteiger partial charge in [-0.25, -0.2) is 0 Å². The van der Waals surface area contributed by atoms with Gasteiger partial charge in [0, 0.05) is 17.6 Å². The molecule has 156 valence electrons. The van der Waals surface area contributed by atoms with E-state index < -0.39 is 6.04 Å². The second kappa shape index (κ2) is 10.9. The number of hydrogen-bond acceptors (Lipinski definition) is 3. The third-order valence-electron chi connectivity index (χ3n) is 4.47. The highest BCUT2D eigenvalue weighted by Gasteiger charge is 2.29. The van der Waals surface area contributed by atoms with E-state index in [1.807, 2.05) is 70.2 Å². The molecule has 29 heavy (non-hydrogen) atoms. The molecule has 0 radical (unpaired) electrons. The van der Waals surface area contributed by atoms with Crippen LogP contribution in [0.15, 0.2) is 48.5 Å². The summed E-state index contributed by atoms with van der Waals surface area (Å²) in [5.41, 5.74) is 1.83. The van der Waals surface area contributed by atoms with E-state index >= 15 is 0 Å². The summed E-state index contributed by atoms with van der Waals surface area (Å²) in [6.45, 7) is 7.72. The fourth-order valence-corrected chi connectivity index (χ4v) is 3.24. The number of amides is 2. The van der Waals surface area contributed by atoms with E-state index in [-0.39, 0.29) is 31.0 Å². The number of hydrogen-bond donors (Lipinski definition) is 1. The maximum atomic E-state index is 13.1. The van der Waals surface area contributed by atoms with Gasteiger partial charge in [0.25, 0.3) is 5.91 Å². The number of rotatable bonds is 9. The first-order chi connectivity index (χ1) is 13.8. The van der Waals surface area contributed by atoms with Gasteiger partial charge in [-0.2, -0.15) is 0 Å². The molecule has 5 nitrogen and oxygen atoms in total. The molecule has 2 rings (SSSR count). The predicted octanol–water partition coefficient (Wildman–Crippen LogP) is 4.36. The normalized spacial score (nSPS) is 11.8. The smallest absolute Gasteiger partial charge is 0.261 e. The minimum absolute atomic E-state index is 0.0163. The van der Waals surface area contributed by atoms with E-state index in [0.717, 1.165) is 11.1 Å². The summed E-state index contributed by atoms with van der Waals surface area (Å²) in [6.07, 6.45) is 0.485. The monoisotopic (exact) mass is 416 g/mol. The van der Waals surface area contributed by atoms with Crippen molar-refractivity contribution in [1.82, 2.24) is 10.2 Å². The van der Waals surface area contributed by atoms with Crippen molar-refractivity contribution in [3.05, 3.63) is 64.7 Å². The zero-order valence-corrected chi connectivity index (χ0v) is 18.2.